The summed E-state index contributed by atoms with van der Waals surface area (Å²) < 4.78 is 4.74. The molecular weight excluding hydrogens is 200 g/mol. The summed E-state index contributed by atoms with van der Waals surface area (Å²) in [7, 11) is 0. The lowest BCUT2D eigenvalue weighted by Gasteiger charge is -2.16. The Kier molecular flexibility index (Phi) is 4.11. The van der Waals surface area contributed by atoms with Crippen LogP contribution >= 0.6 is 0 Å². The van der Waals surface area contributed by atoms with Crippen molar-refractivity contribution in [2.45, 2.75) is 0 Å². The molecule has 0 spiro atoms. The van der Waals surface area contributed by atoms with Gasteiger partial charge in [-0.15, -0.1) is 0 Å². The minimum Gasteiger partial charge on any atom is -0.461 e. The molecule has 0 unspecified atom stereocenters. The second-order valence-corrected chi connectivity index (χ2v) is 3.05. The highest BCUT2D eigenvalue weighted by Crippen LogP contribution is 2.06. The van der Waals surface area contributed by atoms with Crippen molar-refractivity contribution in [2.24, 2.45) is 0 Å². The summed E-state index contributed by atoms with van der Waals surface area (Å²) in [5.74, 6) is -0.499. The van der Waals surface area contributed by atoms with Crippen LogP contribution in [0.4, 0.5) is 4.79 Å². The molecule has 0 aromatic rings. The van der Waals surface area contributed by atoms with E-state index < -0.39 is 5.97 Å². The molecule has 6 nitrogen and oxygen atoms in total. The van der Waals surface area contributed by atoms with E-state index in [0.717, 1.165) is 6.08 Å². The number of aliphatic hydroxyl groups excluding tert-OH is 1. The van der Waals surface area contributed by atoms with Gasteiger partial charge in [0.15, 0.2) is 0 Å². The summed E-state index contributed by atoms with van der Waals surface area (Å²) >= 11 is 0. The van der Waals surface area contributed by atoms with Gasteiger partial charge >= 0.3 is 12.0 Å². The van der Waals surface area contributed by atoms with Crippen LogP contribution in [0.15, 0.2) is 12.7 Å². The number of ether oxygens (including phenoxy) is 1. The summed E-state index contributed by atoms with van der Waals surface area (Å²) in [6, 6.07) is -0.229. The van der Waals surface area contributed by atoms with Gasteiger partial charge in [-0.05, 0) is 0 Å². The van der Waals surface area contributed by atoms with Gasteiger partial charge < -0.3 is 14.7 Å². The van der Waals surface area contributed by atoms with Crippen molar-refractivity contribution in [3.63, 3.8) is 0 Å². The fourth-order valence-electron chi connectivity index (χ4n) is 1.29. The number of nitrogens with zero attached hydrogens (tertiary/aromatic N) is 2. The molecular formula is C9H14N2O4. The lowest BCUT2D eigenvalue weighted by molar-refractivity contribution is -0.137. The van der Waals surface area contributed by atoms with Crippen LogP contribution in [0.1, 0.15) is 0 Å². The fraction of sp³-hybridized carbons (Fsp3) is 0.556. The average Bonchev–Trinajstić information content (AvgIpc) is 2.60. The lowest BCUT2D eigenvalue weighted by atomic mass is 10.5. The van der Waals surface area contributed by atoms with Crippen molar-refractivity contribution in [1.82, 2.24) is 9.80 Å². The zero-order chi connectivity index (χ0) is 11.3. The maximum Gasteiger partial charge on any atom is 0.330 e. The first-order valence-electron chi connectivity index (χ1n) is 4.63. The topological polar surface area (TPSA) is 70.1 Å². The molecule has 6 heteroatoms. The predicted octanol–water partition coefficient (Wildman–Crippen LogP) is -0.597. The zero-order valence-corrected chi connectivity index (χ0v) is 8.39. The number of aliphatic hydroxyl groups is 1. The highest BCUT2D eigenvalue weighted by atomic mass is 16.5. The van der Waals surface area contributed by atoms with Crippen LogP contribution < -0.4 is 0 Å². The van der Waals surface area contributed by atoms with Gasteiger partial charge in [-0.3, -0.25) is 4.90 Å². The van der Waals surface area contributed by atoms with Crippen LogP contribution in [0.25, 0.3) is 0 Å². The number of hydrogen-bond acceptors (Lipinski definition) is 4. The quantitative estimate of drug-likeness (QED) is 0.490. The molecule has 15 heavy (non-hydrogen) atoms. The van der Waals surface area contributed by atoms with E-state index >= 15 is 0 Å². The van der Waals surface area contributed by atoms with E-state index in [4.69, 9.17) is 9.84 Å². The molecule has 2 amide bonds. The zero-order valence-electron chi connectivity index (χ0n) is 8.39. The standard InChI is InChI=1S/C9H14N2O4/c1-2-8(13)15-6-5-10-3-4-11(7-12)9(10)14/h2,12H,1,3-7H2. The molecule has 1 aliphatic heterocycles. The molecule has 1 saturated heterocycles. The third kappa shape index (κ3) is 2.95. The van der Waals surface area contributed by atoms with Crippen molar-refractivity contribution in [3.8, 4) is 0 Å². The third-order valence-corrected chi connectivity index (χ3v) is 2.12. The van der Waals surface area contributed by atoms with Crippen LogP contribution in [-0.4, -0.2) is 59.9 Å². The number of carbonyl (C=O) groups is 2. The number of rotatable bonds is 5. The monoisotopic (exact) mass is 214 g/mol. The van der Waals surface area contributed by atoms with Gasteiger partial charge in [-0.2, -0.15) is 0 Å². The number of hydrogen-bond donors (Lipinski definition) is 1. The highest BCUT2D eigenvalue weighted by molar-refractivity contribution is 5.81. The van der Waals surface area contributed by atoms with Crippen molar-refractivity contribution >= 4 is 12.0 Å². The van der Waals surface area contributed by atoms with Crippen molar-refractivity contribution < 1.29 is 19.4 Å². The van der Waals surface area contributed by atoms with Crippen LogP contribution in [0.2, 0.25) is 0 Å². The van der Waals surface area contributed by atoms with Crippen LogP contribution in [0.5, 0.6) is 0 Å². The van der Waals surface area contributed by atoms with E-state index in [2.05, 4.69) is 6.58 Å². The van der Waals surface area contributed by atoms with Crippen LogP contribution in [-0.2, 0) is 9.53 Å². The van der Waals surface area contributed by atoms with E-state index in [1.54, 1.807) is 0 Å². The van der Waals surface area contributed by atoms with Gasteiger partial charge in [0.2, 0.25) is 0 Å². The summed E-state index contributed by atoms with van der Waals surface area (Å²) in [6.45, 7) is 4.52. The number of amides is 2. The number of carbonyl (C=O) groups excluding carboxylic acids is 2. The molecule has 1 fully saturated rings. The second-order valence-electron chi connectivity index (χ2n) is 3.05. The Morgan fingerprint density at radius 3 is 2.73 bits per heavy atom. The Hall–Kier alpha value is -1.56. The van der Waals surface area contributed by atoms with Gasteiger partial charge in [0.1, 0.15) is 13.3 Å². The molecule has 1 aliphatic rings. The molecule has 0 atom stereocenters. The molecule has 0 aliphatic carbocycles. The largest absolute Gasteiger partial charge is 0.461 e. The second kappa shape index (κ2) is 5.35. The Morgan fingerprint density at radius 1 is 1.53 bits per heavy atom. The summed E-state index contributed by atoms with van der Waals surface area (Å²) in [4.78, 5) is 24.9. The summed E-state index contributed by atoms with van der Waals surface area (Å²) in [5.41, 5.74) is 0. The summed E-state index contributed by atoms with van der Waals surface area (Å²) in [6.07, 6.45) is 1.08. The van der Waals surface area contributed by atoms with Crippen molar-refractivity contribution in [3.05, 3.63) is 12.7 Å². The van der Waals surface area contributed by atoms with Gasteiger partial charge in [0.05, 0.1) is 6.54 Å². The van der Waals surface area contributed by atoms with Crippen LogP contribution in [0, 0.1) is 0 Å². The first-order chi connectivity index (χ1) is 7.19. The van der Waals surface area contributed by atoms with E-state index in [9.17, 15) is 9.59 Å². The Balaban J connectivity index is 2.26. The van der Waals surface area contributed by atoms with Gasteiger partial charge in [-0.25, -0.2) is 9.59 Å². The molecule has 0 bridgehead atoms. The van der Waals surface area contributed by atoms with Crippen LogP contribution in [0.3, 0.4) is 0 Å². The van der Waals surface area contributed by atoms with E-state index in [-0.39, 0.29) is 19.4 Å². The predicted molar refractivity (Wildman–Crippen MR) is 51.9 cm³/mol. The molecule has 0 aromatic carbocycles. The SMILES string of the molecule is C=CC(=O)OCCN1CCN(CO)C1=O. The van der Waals surface area contributed by atoms with E-state index in [1.165, 1.54) is 9.80 Å². The molecule has 1 rings (SSSR count). The minimum absolute atomic E-state index is 0.149. The van der Waals surface area contributed by atoms with Crippen molar-refractivity contribution in [2.75, 3.05) is 33.0 Å². The Bertz CT molecular complexity index is 267. The minimum atomic E-state index is -0.499. The maximum atomic E-state index is 11.4. The smallest absolute Gasteiger partial charge is 0.330 e. The normalized spacial score (nSPS) is 15.7. The molecule has 0 aromatic heterocycles. The lowest BCUT2D eigenvalue weighted by Crippen LogP contribution is -2.34. The molecule has 84 valence electrons. The molecule has 1 heterocycles. The van der Waals surface area contributed by atoms with E-state index in [1.807, 2.05) is 0 Å². The third-order valence-electron chi connectivity index (χ3n) is 2.12. The van der Waals surface area contributed by atoms with Gasteiger partial charge in [0, 0.05) is 19.2 Å². The van der Waals surface area contributed by atoms with E-state index in [0.29, 0.717) is 19.6 Å². The first-order valence-corrected chi connectivity index (χ1v) is 4.63. The highest BCUT2D eigenvalue weighted by Gasteiger charge is 2.27. The molecule has 1 N–H and O–H groups in total. The Morgan fingerprint density at radius 2 is 2.20 bits per heavy atom. The number of urea groups is 1. The average molecular weight is 214 g/mol. The number of esters is 1. The maximum absolute atomic E-state index is 11.4. The molecule has 0 saturated carbocycles. The van der Waals surface area contributed by atoms with Gasteiger partial charge in [-0.1, -0.05) is 6.58 Å². The summed E-state index contributed by atoms with van der Waals surface area (Å²) in [5, 5.41) is 8.79. The van der Waals surface area contributed by atoms with Crippen molar-refractivity contribution in [1.29, 1.82) is 0 Å². The Labute approximate surface area is 87.7 Å². The fourth-order valence-corrected chi connectivity index (χ4v) is 1.29. The first kappa shape index (κ1) is 11.5. The van der Waals surface area contributed by atoms with Gasteiger partial charge in [0.25, 0.3) is 0 Å². The molecule has 0 radical (unpaired) electrons.